The lowest BCUT2D eigenvalue weighted by atomic mass is 9.83. The van der Waals surface area contributed by atoms with Crippen LogP contribution in [0.25, 0.3) is 0 Å². The number of piperidine rings is 1. The van der Waals surface area contributed by atoms with E-state index in [1.54, 1.807) is 7.11 Å². The van der Waals surface area contributed by atoms with Crippen molar-refractivity contribution >= 4 is 0 Å². The monoisotopic (exact) mass is 213 g/mol. The molecule has 0 amide bonds. The highest BCUT2D eigenvalue weighted by atomic mass is 16.5. The molecular weight excluding hydrogens is 190 g/mol. The van der Waals surface area contributed by atoms with E-state index in [4.69, 9.17) is 9.47 Å². The minimum absolute atomic E-state index is 0.0343. The van der Waals surface area contributed by atoms with Gasteiger partial charge in [-0.25, -0.2) is 0 Å². The van der Waals surface area contributed by atoms with Gasteiger partial charge in [0.15, 0.2) is 0 Å². The molecule has 15 heavy (non-hydrogen) atoms. The van der Waals surface area contributed by atoms with E-state index < -0.39 is 0 Å². The fraction of sp³-hybridized carbons (Fsp3) is 1.00. The highest BCUT2D eigenvalue weighted by Gasteiger charge is 2.41. The van der Waals surface area contributed by atoms with E-state index in [9.17, 15) is 0 Å². The number of hydrogen-bond acceptors (Lipinski definition) is 3. The molecule has 2 aliphatic rings. The highest BCUT2D eigenvalue weighted by Crippen LogP contribution is 2.32. The molecular formula is C12H23NO2. The van der Waals surface area contributed by atoms with Crippen LogP contribution < -0.4 is 5.32 Å². The number of hydrogen-bond donors (Lipinski definition) is 1. The molecule has 0 radical (unpaired) electrons. The number of rotatable bonds is 3. The molecule has 0 bridgehead atoms. The average Bonchev–Trinajstić information content (AvgIpc) is 2.32. The second-order valence-electron chi connectivity index (χ2n) is 4.81. The van der Waals surface area contributed by atoms with Crippen LogP contribution in [0.15, 0.2) is 0 Å². The molecule has 2 heterocycles. The molecule has 2 saturated heterocycles. The van der Waals surface area contributed by atoms with Crippen LogP contribution in [0.5, 0.6) is 0 Å². The van der Waals surface area contributed by atoms with Gasteiger partial charge in [-0.3, -0.25) is 0 Å². The van der Waals surface area contributed by atoms with Gasteiger partial charge in [-0.15, -0.1) is 0 Å². The van der Waals surface area contributed by atoms with E-state index in [1.807, 2.05) is 0 Å². The Bertz CT molecular complexity index is 179. The van der Waals surface area contributed by atoms with Gasteiger partial charge >= 0.3 is 0 Å². The van der Waals surface area contributed by atoms with Gasteiger partial charge in [0.05, 0.1) is 6.61 Å². The van der Waals surface area contributed by atoms with Crippen molar-refractivity contribution in [3.63, 3.8) is 0 Å². The Kier molecular flexibility index (Phi) is 4.00. The molecule has 0 aromatic carbocycles. The third kappa shape index (κ3) is 2.52. The van der Waals surface area contributed by atoms with Crippen LogP contribution in [0.3, 0.4) is 0 Å². The van der Waals surface area contributed by atoms with Crippen molar-refractivity contribution in [2.75, 3.05) is 26.9 Å². The molecule has 2 aliphatic heterocycles. The summed E-state index contributed by atoms with van der Waals surface area (Å²) in [7, 11) is 1.78. The van der Waals surface area contributed by atoms with Gasteiger partial charge in [-0.2, -0.15) is 0 Å². The molecule has 3 nitrogen and oxygen atoms in total. The molecule has 0 spiro atoms. The minimum Gasteiger partial charge on any atom is -0.382 e. The Morgan fingerprint density at radius 3 is 2.87 bits per heavy atom. The third-order valence-electron chi connectivity index (χ3n) is 3.72. The maximum atomic E-state index is 6.06. The maximum Gasteiger partial charge on any atom is 0.107 e. The van der Waals surface area contributed by atoms with E-state index >= 15 is 0 Å². The van der Waals surface area contributed by atoms with Crippen LogP contribution >= 0.6 is 0 Å². The van der Waals surface area contributed by atoms with Crippen LogP contribution in [-0.4, -0.2) is 38.5 Å². The average molecular weight is 213 g/mol. The van der Waals surface area contributed by atoms with Crippen molar-refractivity contribution in [2.24, 2.45) is 0 Å². The molecule has 0 aromatic heterocycles. The number of methoxy groups -OCH3 is 1. The van der Waals surface area contributed by atoms with Crippen LogP contribution in [0.4, 0.5) is 0 Å². The quantitative estimate of drug-likeness (QED) is 0.774. The topological polar surface area (TPSA) is 30.5 Å². The van der Waals surface area contributed by atoms with Crippen molar-refractivity contribution in [1.29, 1.82) is 0 Å². The van der Waals surface area contributed by atoms with Gasteiger partial charge in [0.25, 0.3) is 0 Å². The molecule has 0 aromatic rings. The minimum atomic E-state index is -0.0343. The van der Waals surface area contributed by atoms with Crippen LogP contribution in [0.2, 0.25) is 0 Å². The maximum absolute atomic E-state index is 6.06. The van der Waals surface area contributed by atoms with Gasteiger partial charge in [0.1, 0.15) is 5.60 Å². The van der Waals surface area contributed by atoms with Crippen molar-refractivity contribution in [1.82, 2.24) is 5.32 Å². The van der Waals surface area contributed by atoms with Gasteiger partial charge < -0.3 is 14.8 Å². The first-order chi connectivity index (χ1) is 7.37. The normalized spacial score (nSPS) is 37.8. The molecule has 88 valence electrons. The predicted octanol–water partition coefficient (Wildman–Crippen LogP) is 1.71. The Labute approximate surface area is 92.5 Å². The summed E-state index contributed by atoms with van der Waals surface area (Å²) in [6.07, 6.45) is 7.51. The summed E-state index contributed by atoms with van der Waals surface area (Å²) in [5, 5.41) is 3.61. The number of ether oxygens (including phenoxy) is 2. The standard InChI is InChI=1S/C12H23NO2/c1-14-10-12(7-3-5-9-15-12)11-6-2-4-8-13-11/h11,13H,2-10H2,1H3. The zero-order chi connectivity index (χ0) is 10.6. The molecule has 2 fully saturated rings. The van der Waals surface area contributed by atoms with Gasteiger partial charge in [-0.05, 0) is 38.6 Å². The van der Waals surface area contributed by atoms with Crippen molar-refractivity contribution in [3.05, 3.63) is 0 Å². The second kappa shape index (κ2) is 5.28. The molecule has 2 atom stereocenters. The van der Waals surface area contributed by atoms with Gasteiger partial charge in [0.2, 0.25) is 0 Å². The van der Waals surface area contributed by atoms with Crippen molar-refractivity contribution in [2.45, 2.75) is 50.2 Å². The van der Waals surface area contributed by atoms with Crippen LogP contribution in [0, 0.1) is 0 Å². The molecule has 2 unspecified atom stereocenters. The van der Waals surface area contributed by atoms with Crippen molar-refractivity contribution < 1.29 is 9.47 Å². The Morgan fingerprint density at radius 2 is 2.27 bits per heavy atom. The zero-order valence-corrected chi connectivity index (χ0v) is 9.76. The summed E-state index contributed by atoms with van der Waals surface area (Å²) in [6, 6.07) is 0.506. The molecule has 2 rings (SSSR count). The fourth-order valence-electron chi connectivity index (χ4n) is 2.91. The smallest absolute Gasteiger partial charge is 0.107 e. The Morgan fingerprint density at radius 1 is 1.33 bits per heavy atom. The molecule has 1 N–H and O–H groups in total. The Balaban J connectivity index is 2.01. The second-order valence-corrected chi connectivity index (χ2v) is 4.81. The van der Waals surface area contributed by atoms with Crippen LogP contribution in [-0.2, 0) is 9.47 Å². The lowest BCUT2D eigenvalue weighted by molar-refractivity contribution is -0.139. The largest absolute Gasteiger partial charge is 0.382 e. The molecule has 3 heteroatoms. The molecule has 0 aliphatic carbocycles. The molecule has 0 saturated carbocycles. The van der Waals surface area contributed by atoms with E-state index in [2.05, 4.69) is 5.32 Å². The summed E-state index contributed by atoms with van der Waals surface area (Å²) in [5.41, 5.74) is -0.0343. The zero-order valence-electron chi connectivity index (χ0n) is 9.76. The Hall–Kier alpha value is -0.120. The van der Waals surface area contributed by atoms with E-state index in [-0.39, 0.29) is 5.60 Å². The first-order valence-corrected chi connectivity index (χ1v) is 6.24. The van der Waals surface area contributed by atoms with Crippen molar-refractivity contribution in [3.8, 4) is 0 Å². The van der Waals surface area contributed by atoms with E-state index in [0.29, 0.717) is 6.04 Å². The third-order valence-corrected chi connectivity index (χ3v) is 3.72. The number of nitrogens with one attached hydrogen (secondary N) is 1. The van der Waals surface area contributed by atoms with Gasteiger partial charge in [0, 0.05) is 19.8 Å². The van der Waals surface area contributed by atoms with Crippen LogP contribution in [0.1, 0.15) is 38.5 Å². The lowest BCUT2D eigenvalue weighted by Crippen LogP contribution is -2.58. The fourth-order valence-corrected chi connectivity index (χ4v) is 2.91. The predicted molar refractivity (Wildman–Crippen MR) is 60.1 cm³/mol. The van der Waals surface area contributed by atoms with E-state index in [1.165, 1.54) is 32.1 Å². The summed E-state index contributed by atoms with van der Waals surface area (Å²) in [5.74, 6) is 0. The summed E-state index contributed by atoms with van der Waals surface area (Å²) in [6.45, 7) is 2.78. The summed E-state index contributed by atoms with van der Waals surface area (Å²) in [4.78, 5) is 0. The summed E-state index contributed by atoms with van der Waals surface area (Å²) < 4.78 is 11.4. The first-order valence-electron chi connectivity index (χ1n) is 6.24. The van der Waals surface area contributed by atoms with E-state index in [0.717, 1.165) is 26.2 Å². The first kappa shape index (κ1) is 11.4. The highest BCUT2D eigenvalue weighted by molar-refractivity contribution is 4.96. The summed E-state index contributed by atoms with van der Waals surface area (Å²) >= 11 is 0. The SMILES string of the molecule is COCC1(C2CCCCN2)CCCCO1. The van der Waals surface area contributed by atoms with Gasteiger partial charge in [-0.1, -0.05) is 6.42 Å². The lowest BCUT2D eigenvalue weighted by Gasteiger charge is -2.44.